The van der Waals surface area contributed by atoms with E-state index >= 15 is 0 Å². The van der Waals surface area contributed by atoms with Gasteiger partial charge in [0.15, 0.2) is 17.3 Å². The van der Waals surface area contributed by atoms with E-state index in [9.17, 15) is 9.59 Å². The fourth-order valence-electron chi connectivity index (χ4n) is 5.31. The number of ketones is 1. The maximum atomic E-state index is 13.8. The number of Topliss-reactive ketones (excluding diaryl/α,β-unsaturated/α-hetero) is 1. The zero-order valence-corrected chi connectivity index (χ0v) is 20.5. The third-order valence-corrected chi connectivity index (χ3v) is 6.76. The van der Waals surface area contributed by atoms with Gasteiger partial charge in [-0.3, -0.25) is 14.7 Å². The number of nitrogens with one attached hydrogen (secondary N) is 2. The van der Waals surface area contributed by atoms with Crippen molar-refractivity contribution in [1.82, 2.24) is 9.78 Å². The zero-order chi connectivity index (χ0) is 24.9. The minimum atomic E-state index is -0.631. The Bertz CT molecular complexity index is 1400. The number of benzene rings is 2. The molecule has 0 bridgehead atoms. The van der Waals surface area contributed by atoms with Crippen LogP contribution in [0.25, 0.3) is 5.69 Å². The molecule has 2 heterocycles. The van der Waals surface area contributed by atoms with E-state index in [0.717, 1.165) is 5.70 Å². The number of ether oxygens (including phenoxy) is 3. The summed E-state index contributed by atoms with van der Waals surface area (Å²) in [5.41, 5.74) is 2.83. The molecule has 1 aromatic heterocycles. The Morgan fingerprint density at radius 2 is 1.63 bits per heavy atom. The lowest BCUT2D eigenvalue weighted by atomic mass is 9.69. The summed E-state index contributed by atoms with van der Waals surface area (Å²) in [5, 5.41) is 6.62. The highest BCUT2D eigenvalue weighted by Crippen LogP contribution is 2.52. The van der Waals surface area contributed by atoms with Crippen LogP contribution < -0.4 is 25.1 Å². The fourth-order valence-corrected chi connectivity index (χ4v) is 5.31. The molecule has 0 radical (unpaired) electrons. The molecule has 35 heavy (non-hydrogen) atoms. The minimum absolute atomic E-state index is 0.0168. The second-order valence-electron chi connectivity index (χ2n) is 9.69. The molecule has 0 fully saturated rings. The van der Waals surface area contributed by atoms with Crippen LogP contribution in [-0.2, 0) is 4.79 Å². The summed E-state index contributed by atoms with van der Waals surface area (Å²) in [7, 11) is 4.64. The van der Waals surface area contributed by atoms with E-state index in [1.165, 1.54) is 11.8 Å². The van der Waals surface area contributed by atoms with Crippen molar-refractivity contribution in [3.05, 3.63) is 75.2 Å². The van der Waals surface area contributed by atoms with Gasteiger partial charge in [0.1, 0.15) is 5.82 Å². The molecule has 1 aliphatic heterocycles. The number of hydrogen-bond acceptors (Lipinski definition) is 6. The van der Waals surface area contributed by atoms with Gasteiger partial charge in [-0.1, -0.05) is 38.1 Å². The van der Waals surface area contributed by atoms with Gasteiger partial charge in [0.05, 0.1) is 38.5 Å². The van der Waals surface area contributed by atoms with Crippen LogP contribution in [0, 0.1) is 5.41 Å². The first-order chi connectivity index (χ1) is 16.8. The summed E-state index contributed by atoms with van der Waals surface area (Å²) in [4.78, 5) is 27.4. The average molecular weight is 476 g/mol. The van der Waals surface area contributed by atoms with Crippen molar-refractivity contribution < 1.29 is 19.0 Å². The molecule has 8 nitrogen and oxygen atoms in total. The Labute approximate surface area is 203 Å². The lowest BCUT2D eigenvalue weighted by Crippen LogP contribution is -2.35. The van der Waals surface area contributed by atoms with Crippen LogP contribution in [-0.4, -0.2) is 36.9 Å². The normalized spacial score (nSPS) is 18.4. The standard InChI is InChI=1S/C27H29N3O5/c1-27(2)13-17-21(18(31)14-27)20(16-11-12-19(33-3)24(35-5)23(16)34-4)22-25(28-17)29-30(26(22)32)15-9-7-6-8-10-15/h6-12,20,28-29H,13-14H2,1-5H3/t20-/m1/s1. The Balaban J connectivity index is 1.81. The van der Waals surface area contributed by atoms with E-state index in [1.54, 1.807) is 20.3 Å². The lowest BCUT2D eigenvalue weighted by molar-refractivity contribution is -0.118. The molecule has 0 spiro atoms. The SMILES string of the molecule is COc1ccc([C@@H]2C3=C(CC(C)(C)CC3=O)Nc3[nH]n(-c4ccccc4)c(=O)c32)c(OC)c1OC. The third kappa shape index (κ3) is 3.60. The highest BCUT2D eigenvalue weighted by Gasteiger charge is 2.44. The van der Waals surface area contributed by atoms with Gasteiger partial charge < -0.3 is 19.5 Å². The number of aromatic amines is 1. The number of nitrogens with zero attached hydrogens (tertiary/aromatic N) is 1. The zero-order valence-electron chi connectivity index (χ0n) is 20.5. The maximum Gasteiger partial charge on any atom is 0.277 e. The summed E-state index contributed by atoms with van der Waals surface area (Å²) in [5.74, 6) is 1.31. The van der Waals surface area contributed by atoms with Crippen LogP contribution in [0.5, 0.6) is 17.2 Å². The number of fused-ring (bicyclic) bond motifs is 1. The first kappa shape index (κ1) is 22.8. The lowest BCUT2D eigenvalue weighted by Gasteiger charge is -2.38. The number of anilines is 1. The molecule has 1 atom stereocenters. The van der Waals surface area contributed by atoms with Crippen molar-refractivity contribution >= 4 is 11.6 Å². The van der Waals surface area contributed by atoms with Crippen LogP contribution in [0.4, 0.5) is 5.82 Å². The van der Waals surface area contributed by atoms with Gasteiger partial charge >= 0.3 is 0 Å². The Morgan fingerprint density at radius 3 is 2.29 bits per heavy atom. The number of H-pyrrole nitrogens is 1. The predicted molar refractivity (Wildman–Crippen MR) is 133 cm³/mol. The fraction of sp³-hybridized carbons (Fsp3) is 0.333. The van der Waals surface area contributed by atoms with E-state index in [1.807, 2.05) is 36.4 Å². The monoisotopic (exact) mass is 475 g/mol. The number of aromatic nitrogens is 2. The van der Waals surface area contributed by atoms with Gasteiger partial charge in [-0.25, -0.2) is 4.68 Å². The first-order valence-electron chi connectivity index (χ1n) is 11.5. The minimum Gasteiger partial charge on any atom is -0.493 e. The topological polar surface area (TPSA) is 94.6 Å². The van der Waals surface area contributed by atoms with Crippen molar-refractivity contribution in [3.8, 4) is 22.9 Å². The van der Waals surface area contributed by atoms with Gasteiger partial charge in [0.2, 0.25) is 5.75 Å². The van der Waals surface area contributed by atoms with Crippen molar-refractivity contribution in [1.29, 1.82) is 0 Å². The number of rotatable bonds is 5. The third-order valence-electron chi connectivity index (χ3n) is 6.76. The molecule has 2 N–H and O–H groups in total. The second-order valence-corrected chi connectivity index (χ2v) is 9.69. The van der Waals surface area contributed by atoms with E-state index < -0.39 is 5.92 Å². The molecule has 5 rings (SSSR count). The van der Waals surface area contributed by atoms with Crippen LogP contribution >= 0.6 is 0 Å². The molecule has 2 aliphatic rings. The molecule has 0 saturated carbocycles. The Kier molecular flexibility index (Phi) is 5.46. The number of hydrogen-bond donors (Lipinski definition) is 2. The molecule has 0 unspecified atom stereocenters. The summed E-state index contributed by atoms with van der Waals surface area (Å²) < 4.78 is 18.4. The molecule has 0 saturated heterocycles. The van der Waals surface area contributed by atoms with Crippen molar-refractivity contribution in [3.63, 3.8) is 0 Å². The first-order valence-corrected chi connectivity index (χ1v) is 11.5. The predicted octanol–water partition coefficient (Wildman–Crippen LogP) is 4.39. The van der Waals surface area contributed by atoms with E-state index in [-0.39, 0.29) is 16.8 Å². The van der Waals surface area contributed by atoms with Crippen molar-refractivity contribution in [2.24, 2.45) is 5.41 Å². The van der Waals surface area contributed by atoms with Gasteiger partial charge in [0, 0.05) is 23.3 Å². The Hall–Kier alpha value is -3.94. The highest BCUT2D eigenvalue weighted by molar-refractivity contribution is 6.01. The Morgan fingerprint density at radius 1 is 0.914 bits per heavy atom. The molecule has 0 amide bonds. The average Bonchev–Trinajstić information content (AvgIpc) is 3.17. The summed E-state index contributed by atoms with van der Waals surface area (Å²) >= 11 is 0. The molecule has 2 aromatic carbocycles. The molecule has 182 valence electrons. The number of para-hydroxylation sites is 1. The molecule has 8 heteroatoms. The second kappa shape index (κ2) is 8.37. The van der Waals surface area contributed by atoms with Crippen molar-refractivity contribution in [2.45, 2.75) is 32.6 Å². The quantitative estimate of drug-likeness (QED) is 0.568. The molecule has 1 aliphatic carbocycles. The van der Waals surface area contributed by atoms with Crippen LogP contribution in [0.2, 0.25) is 0 Å². The van der Waals surface area contributed by atoms with E-state index in [0.29, 0.717) is 58.3 Å². The van der Waals surface area contributed by atoms with Gasteiger partial charge in [-0.15, -0.1) is 0 Å². The maximum absolute atomic E-state index is 13.8. The van der Waals surface area contributed by atoms with Gasteiger partial charge in [0.25, 0.3) is 5.56 Å². The van der Waals surface area contributed by atoms with Gasteiger partial charge in [-0.05, 0) is 30.0 Å². The van der Waals surface area contributed by atoms with Crippen LogP contribution in [0.1, 0.15) is 43.7 Å². The summed E-state index contributed by atoms with van der Waals surface area (Å²) in [6, 6.07) is 13.0. The van der Waals surface area contributed by atoms with Crippen molar-refractivity contribution in [2.75, 3.05) is 26.6 Å². The number of methoxy groups -OCH3 is 3. The summed E-state index contributed by atoms with van der Waals surface area (Å²) in [6.45, 7) is 4.16. The molecular weight excluding hydrogens is 446 g/mol. The van der Waals surface area contributed by atoms with E-state index in [4.69, 9.17) is 14.2 Å². The number of carbonyl (C=O) groups is 1. The summed E-state index contributed by atoms with van der Waals surface area (Å²) in [6.07, 6.45) is 1.07. The molecular formula is C27H29N3O5. The largest absolute Gasteiger partial charge is 0.493 e. The van der Waals surface area contributed by atoms with Gasteiger partial charge in [-0.2, -0.15) is 0 Å². The molecule has 3 aromatic rings. The van der Waals surface area contributed by atoms with Crippen LogP contribution in [0.3, 0.4) is 0 Å². The van der Waals surface area contributed by atoms with E-state index in [2.05, 4.69) is 24.3 Å². The smallest absolute Gasteiger partial charge is 0.277 e. The highest BCUT2D eigenvalue weighted by atomic mass is 16.5. The number of carbonyl (C=O) groups excluding carboxylic acids is 1. The van der Waals surface area contributed by atoms with Crippen LogP contribution in [0.15, 0.2) is 58.5 Å². The number of allylic oxidation sites excluding steroid dienone is 2.